The van der Waals surface area contributed by atoms with Crippen molar-refractivity contribution in [3.8, 4) is 5.75 Å². The van der Waals surface area contributed by atoms with Gasteiger partial charge in [-0.25, -0.2) is 0 Å². The van der Waals surface area contributed by atoms with Crippen molar-refractivity contribution in [1.82, 2.24) is 0 Å². The minimum absolute atomic E-state index is 0.0745. The van der Waals surface area contributed by atoms with Crippen molar-refractivity contribution >= 4 is 17.9 Å². The molecule has 1 rings (SSSR count). The fourth-order valence-corrected chi connectivity index (χ4v) is 1.40. The molecule has 0 aliphatic carbocycles. The van der Waals surface area contributed by atoms with Crippen molar-refractivity contribution in [1.29, 1.82) is 0 Å². The van der Waals surface area contributed by atoms with E-state index in [0.29, 0.717) is 22.9 Å². The van der Waals surface area contributed by atoms with E-state index in [0.717, 1.165) is 6.29 Å². The van der Waals surface area contributed by atoms with Gasteiger partial charge in [0, 0.05) is 12.7 Å². The molecule has 0 aliphatic heterocycles. The quantitative estimate of drug-likeness (QED) is 0.727. The van der Waals surface area contributed by atoms with E-state index in [-0.39, 0.29) is 6.10 Å². The van der Waals surface area contributed by atoms with Crippen LogP contribution in [0.3, 0.4) is 0 Å². The highest BCUT2D eigenvalue weighted by Gasteiger charge is 2.07. The molecule has 1 aromatic carbocycles. The summed E-state index contributed by atoms with van der Waals surface area (Å²) < 4.78 is 10.4. The van der Waals surface area contributed by atoms with Crippen LogP contribution in [0.5, 0.6) is 5.75 Å². The Labute approximate surface area is 93.9 Å². The summed E-state index contributed by atoms with van der Waals surface area (Å²) in [4.78, 5) is 10.5. The Morgan fingerprint density at radius 1 is 1.53 bits per heavy atom. The molecule has 0 saturated heterocycles. The summed E-state index contributed by atoms with van der Waals surface area (Å²) in [5.41, 5.74) is 0.534. The van der Waals surface area contributed by atoms with Crippen molar-refractivity contribution in [2.75, 3.05) is 13.7 Å². The smallest absolute Gasteiger partial charge is 0.150 e. The summed E-state index contributed by atoms with van der Waals surface area (Å²) in [7, 11) is 1.61. The van der Waals surface area contributed by atoms with Crippen molar-refractivity contribution in [3.05, 3.63) is 28.8 Å². The first-order valence-corrected chi connectivity index (χ1v) is 4.95. The number of hydrogen-bond acceptors (Lipinski definition) is 3. The predicted octanol–water partition coefficient (Wildman–Crippen LogP) is 2.57. The Bertz CT molecular complexity index is 339. The monoisotopic (exact) mass is 228 g/mol. The molecule has 0 aromatic heterocycles. The summed E-state index contributed by atoms with van der Waals surface area (Å²) >= 11 is 5.93. The number of benzene rings is 1. The van der Waals surface area contributed by atoms with Crippen molar-refractivity contribution in [2.24, 2.45) is 0 Å². The molecular formula is C11H13ClO3. The molecule has 1 atom stereocenters. The predicted molar refractivity (Wildman–Crippen MR) is 58.8 cm³/mol. The number of hydrogen-bond donors (Lipinski definition) is 0. The normalized spacial score (nSPS) is 12.2. The molecular weight excluding hydrogens is 216 g/mol. The minimum atomic E-state index is -0.0745. The van der Waals surface area contributed by atoms with E-state index in [9.17, 15) is 4.79 Å². The van der Waals surface area contributed by atoms with Gasteiger partial charge in [-0.1, -0.05) is 11.6 Å². The average molecular weight is 229 g/mol. The van der Waals surface area contributed by atoms with E-state index in [1.807, 2.05) is 6.92 Å². The molecule has 15 heavy (non-hydrogen) atoms. The van der Waals surface area contributed by atoms with Gasteiger partial charge >= 0.3 is 0 Å². The van der Waals surface area contributed by atoms with Crippen LogP contribution in [0.25, 0.3) is 0 Å². The second kappa shape index (κ2) is 5.73. The lowest BCUT2D eigenvalue weighted by Gasteiger charge is -2.14. The van der Waals surface area contributed by atoms with Gasteiger partial charge < -0.3 is 9.47 Å². The summed E-state index contributed by atoms with van der Waals surface area (Å²) in [5, 5.41) is 0.433. The maximum atomic E-state index is 10.5. The van der Waals surface area contributed by atoms with E-state index in [1.54, 1.807) is 25.3 Å². The summed E-state index contributed by atoms with van der Waals surface area (Å²) in [6.45, 7) is 2.37. The number of rotatable bonds is 5. The van der Waals surface area contributed by atoms with Gasteiger partial charge in [-0.15, -0.1) is 0 Å². The van der Waals surface area contributed by atoms with E-state index in [4.69, 9.17) is 21.1 Å². The molecule has 1 unspecified atom stereocenters. The zero-order valence-electron chi connectivity index (χ0n) is 8.70. The molecule has 0 aliphatic rings. The van der Waals surface area contributed by atoms with Crippen LogP contribution in [0.1, 0.15) is 17.3 Å². The van der Waals surface area contributed by atoms with E-state index < -0.39 is 0 Å². The van der Waals surface area contributed by atoms with Gasteiger partial charge in [-0.05, 0) is 25.1 Å². The Morgan fingerprint density at radius 2 is 2.27 bits per heavy atom. The van der Waals surface area contributed by atoms with Crippen molar-refractivity contribution in [3.63, 3.8) is 0 Å². The second-order valence-electron chi connectivity index (χ2n) is 3.19. The number of aldehydes is 1. The van der Waals surface area contributed by atoms with Gasteiger partial charge in [-0.2, -0.15) is 0 Å². The fourth-order valence-electron chi connectivity index (χ4n) is 1.17. The van der Waals surface area contributed by atoms with E-state index >= 15 is 0 Å². The van der Waals surface area contributed by atoms with Gasteiger partial charge in [0.25, 0.3) is 0 Å². The third kappa shape index (κ3) is 3.53. The van der Waals surface area contributed by atoms with Crippen LogP contribution in [0.15, 0.2) is 18.2 Å². The van der Waals surface area contributed by atoms with Gasteiger partial charge in [-0.3, -0.25) is 4.79 Å². The number of carbonyl (C=O) groups excluding carboxylic acids is 1. The maximum absolute atomic E-state index is 10.5. The molecule has 0 saturated carbocycles. The molecule has 0 amide bonds. The summed E-state index contributed by atoms with van der Waals surface area (Å²) in [6.07, 6.45) is 0.670. The number of carbonyl (C=O) groups is 1. The number of ether oxygens (including phenoxy) is 2. The van der Waals surface area contributed by atoms with Crippen LogP contribution in [0, 0.1) is 0 Å². The third-order valence-electron chi connectivity index (χ3n) is 1.82. The molecule has 82 valence electrons. The highest BCUT2D eigenvalue weighted by Crippen LogP contribution is 2.25. The van der Waals surface area contributed by atoms with Crippen molar-refractivity contribution < 1.29 is 14.3 Å². The van der Waals surface area contributed by atoms with E-state index in [2.05, 4.69) is 0 Å². The summed E-state index contributed by atoms with van der Waals surface area (Å²) in [5.74, 6) is 0.562. The minimum Gasteiger partial charge on any atom is -0.487 e. The van der Waals surface area contributed by atoms with Crippen molar-refractivity contribution in [2.45, 2.75) is 13.0 Å². The van der Waals surface area contributed by atoms with Gasteiger partial charge in [0.05, 0.1) is 11.6 Å². The molecule has 0 spiro atoms. The first kappa shape index (κ1) is 12.0. The Morgan fingerprint density at radius 3 is 2.80 bits per heavy atom. The number of methoxy groups -OCH3 is 1. The van der Waals surface area contributed by atoms with Crippen LogP contribution in [0.2, 0.25) is 5.02 Å². The number of halogens is 1. The second-order valence-corrected chi connectivity index (χ2v) is 3.60. The van der Waals surface area contributed by atoms with Crippen LogP contribution in [0.4, 0.5) is 0 Å². The average Bonchev–Trinajstić information content (AvgIpc) is 2.21. The van der Waals surface area contributed by atoms with Crippen LogP contribution < -0.4 is 4.74 Å². The molecule has 0 N–H and O–H groups in total. The van der Waals surface area contributed by atoms with Crippen LogP contribution in [-0.2, 0) is 4.74 Å². The first-order valence-electron chi connectivity index (χ1n) is 4.57. The third-order valence-corrected chi connectivity index (χ3v) is 2.12. The molecule has 4 heteroatoms. The standard InChI is InChI=1S/C11H13ClO3/c1-8(7-14-2)15-11-4-3-9(6-13)5-10(11)12/h3-6,8H,7H2,1-2H3. The fraction of sp³-hybridized carbons (Fsp3) is 0.364. The zero-order valence-corrected chi connectivity index (χ0v) is 9.45. The van der Waals surface area contributed by atoms with Gasteiger partial charge in [0.1, 0.15) is 18.1 Å². The van der Waals surface area contributed by atoms with Gasteiger partial charge in [0.2, 0.25) is 0 Å². The Kier molecular flexibility index (Phi) is 4.59. The Hall–Kier alpha value is -1.06. The highest BCUT2D eigenvalue weighted by molar-refractivity contribution is 6.32. The molecule has 0 bridgehead atoms. The zero-order chi connectivity index (χ0) is 11.3. The SMILES string of the molecule is COCC(C)Oc1ccc(C=O)cc1Cl. The molecule has 0 fully saturated rings. The lowest BCUT2D eigenvalue weighted by atomic mass is 10.2. The van der Waals surface area contributed by atoms with Gasteiger partial charge in [0.15, 0.2) is 0 Å². The van der Waals surface area contributed by atoms with Crippen LogP contribution in [-0.4, -0.2) is 26.1 Å². The lowest BCUT2D eigenvalue weighted by Crippen LogP contribution is -2.18. The topological polar surface area (TPSA) is 35.5 Å². The van der Waals surface area contributed by atoms with Crippen LogP contribution >= 0.6 is 11.6 Å². The van der Waals surface area contributed by atoms with E-state index in [1.165, 1.54) is 0 Å². The molecule has 0 radical (unpaired) electrons. The highest BCUT2D eigenvalue weighted by atomic mass is 35.5. The molecule has 1 aromatic rings. The summed E-state index contributed by atoms with van der Waals surface area (Å²) in [6, 6.07) is 4.91. The lowest BCUT2D eigenvalue weighted by molar-refractivity contribution is 0.0921. The first-order chi connectivity index (χ1) is 7.17. The largest absolute Gasteiger partial charge is 0.487 e. The maximum Gasteiger partial charge on any atom is 0.150 e. The molecule has 3 nitrogen and oxygen atoms in total. The molecule has 0 heterocycles. The Balaban J connectivity index is 2.73.